The highest BCUT2D eigenvalue weighted by Gasteiger charge is 2.43. The second kappa shape index (κ2) is 7.75. The minimum Gasteiger partial charge on any atom is -0.399 e. The SMILES string of the molecule is Cl.Nc1ccc(CC(=O)NCC2(Sc3ccccc3)CC2)cc1. The largest absolute Gasteiger partial charge is 0.399 e. The van der Waals surface area contributed by atoms with Crippen LogP contribution in [0.2, 0.25) is 0 Å². The van der Waals surface area contributed by atoms with Crippen molar-refractivity contribution in [2.45, 2.75) is 28.9 Å². The molecule has 5 heteroatoms. The molecule has 1 aliphatic rings. The summed E-state index contributed by atoms with van der Waals surface area (Å²) in [6.07, 6.45) is 2.73. The van der Waals surface area contributed by atoms with Crippen LogP contribution in [-0.4, -0.2) is 17.2 Å². The van der Waals surface area contributed by atoms with E-state index in [2.05, 4.69) is 29.6 Å². The van der Waals surface area contributed by atoms with Gasteiger partial charge in [-0.1, -0.05) is 30.3 Å². The molecule has 23 heavy (non-hydrogen) atoms. The number of hydrogen-bond acceptors (Lipinski definition) is 3. The molecular formula is C18H21ClN2OS. The Labute approximate surface area is 147 Å². The van der Waals surface area contributed by atoms with E-state index in [1.807, 2.05) is 42.1 Å². The third-order valence-corrected chi connectivity index (χ3v) is 5.33. The van der Waals surface area contributed by atoms with Crippen LogP contribution >= 0.6 is 24.2 Å². The lowest BCUT2D eigenvalue weighted by atomic mass is 10.1. The molecule has 3 nitrogen and oxygen atoms in total. The highest BCUT2D eigenvalue weighted by Crippen LogP contribution is 2.51. The van der Waals surface area contributed by atoms with Gasteiger partial charge in [0, 0.05) is 21.9 Å². The highest BCUT2D eigenvalue weighted by molar-refractivity contribution is 8.01. The van der Waals surface area contributed by atoms with E-state index in [1.54, 1.807) is 0 Å². The van der Waals surface area contributed by atoms with Crippen LogP contribution in [0.15, 0.2) is 59.5 Å². The molecular weight excluding hydrogens is 328 g/mol. The lowest BCUT2D eigenvalue weighted by molar-refractivity contribution is -0.120. The van der Waals surface area contributed by atoms with E-state index in [9.17, 15) is 4.79 Å². The van der Waals surface area contributed by atoms with Crippen molar-refractivity contribution in [1.29, 1.82) is 0 Å². The van der Waals surface area contributed by atoms with Gasteiger partial charge in [0.05, 0.1) is 6.42 Å². The molecule has 2 aromatic rings. The van der Waals surface area contributed by atoms with E-state index >= 15 is 0 Å². The predicted molar refractivity (Wildman–Crippen MR) is 99.1 cm³/mol. The van der Waals surface area contributed by atoms with Crippen LogP contribution in [0.5, 0.6) is 0 Å². The van der Waals surface area contributed by atoms with E-state index < -0.39 is 0 Å². The average molecular weight is 349 g/mol. The first-order chi connectivity index (χ1) is 10.7. The van der Waals surface area contributed by atoms with Gasteiger partial charge in [-0.05, 0) is 42.7 Å². The number of rotatable bonds is 6. The van der Waals surface area contributed by atoms with Crippen LogP contribution < -0.4 is 11.1 Å². The number of nitrogen functional groups attached to an aromatic ring is 1. The van der Waals surface area contributed by atoms with Gasteiger partial charge in [0.2, 0.25) is 5.91 Å². The standard InChI is InChI=1S/C18H20N2OS.ClH/c19-15-8-6-14(7-9-15)12-17(21)20-13-18(10-11-18)22-16-4-2-1-3-5-16;/h1-9H,10-13,19H2,(H,20,21);1H. The van der Waals surface area contributed by atoms with Crippen molar-refractivity contribution in [1.82, 2.24) is 5.32 Å². The van der Waals surface area contributed by atoms with Gasteiger partial charge in [-0.15, -0.1) is 24.2 Å². The maximum absolute atomic E-state index is 12.1. The number of hydrogen-bond donors (Lipinski definition) is 2. The Hall–Kier alpha value is -1.65. The van der Waals surface area contributed by atoms with Gasteiger partial charge in [-0.25, -0.2) is 0 Å². The van der Waals surface area contributed by atoms with E-state index in [0.29, 0.717) is 6.42 Å². The van der Waals surface area contributed by atoms with Crippen LogP contribution in [0.1, 0.15) is 18.4 Å². The summed E-state index contributed by atoms with van der Waals surface area (Å²) in [7, 11) is 0. The number of nitrogens with two attached hydrogens (primary N) is 1. The van der Waals surface area contributed by atoms with Crippen molar-refractivity contribution in [3.63, 3.8) is 0 Å². The number of thioether (sulfide) groups is 1. The van der Waals surface area contributed by atoms with Crippen LogP contribution in [0, 0.1) is 0 Å². The lowest BCUT2D eigenvalue weighted by Gasteiger charge is -2.15. The molecule has 0 unspecified atom stereocenters. The number of anilines is 1. The van der Waals surface area contributed by atoms with Crippen molar-refractivity contribution in [2.24, 2.45) is 0 Å². The van der Waals surface area contributed by atoms with Crippen molar-refractivity contribution in [2.75, 3.05) is 12.3 Å². The number of amides is 1. The van der Waals surface area contributed by atoms with Crippen LogP contribution in [0.4, 0.5) is 5.69 Å². The van der Waals surface area contributed by atoms with Crippen molar-refractivity contribution >= 4 is 35.8 Å². The molecule has 0 aliphatic heterocycles. The molecule has 122 valence electrons. The average Bonchev–Trinajstić information content (AvgIpc) is 3.29. The number of carbonyl (C=O) groups is 1. The summed E-state index contributed by atoms with van der Waals surface area (Å²) in [6, 6.07) is 17.9. The Morgan fingerprint density at radius 1 is 1.09 bits per heavy atom. The lowest BCUT2D eigenvalue weighted by Crippen LogP contribution is -2.32. The maximum Gasteiger partial charge on any atom is 0.224 e. The van der Waals surface area contributed by atoms with E-state index in [-0.39, 0.29) is 23.1 Å². The second-order valence-electron chi connectivity index (χ2n) is 5.79. The fourth-order valence-corrected chi connectivity index (χ4v) is 3.58. The normalized spacial score (nSPS) is 14.6. The quantitative estimate of drug-likeness (QED) is 0.783. The Bertz CT molecular complexity index is 642. The van der Waals surface area contributed by atoms with Crippen molar-refractivity contribution < 1.29 is 4.79 Å². The van der Waals surface area contributed by atoms with Gasteiger partial charge in [-0.2, -0.15) is 0 Å². The molecule has 1 saturated carbocycles. The maximum atomic E-state index is 12.1. The third-order valence-electron chi connectivity index (χ3n) is 3.84. The number of benzene rings is 2. The zero-order valence-corrected chi connectivity index (χ0v) is 14.5. The summed E-state index contributed by atoms with van der Waals surface area (Å²) < 4.78 is 0.193. The predicted octanol–water partition coefficient (Wildman–Crippen LogP) is 3.67. The number of carbonyl (C=O) groups excluding carboxylic acids is 1. The molecule has 0 radical (unpaired) electrons. The van der Waals surface area contributed by atoms with E-state index in [0.717, 1.165) is 30.6 Å². The molecule has 0 bridgehead atoms. The van der Waals surface area contributed by atoms with Gasteiger partial charge < -0.3 is 11.1 Å². The zero-order valence-electron chi connectivity index (χ0n) is 12.8. The van der Waals surface area contributed by atoms with Gasteiger partial charge in [0.1, 0.15) is 0 Å². The van der Waals surface area contributed by atoms with Gasteiger partial charge >= 0.3 is 0 Å². The van der Waals surface area contributed by atoms with Crippen molar-refractivity contribution in [3.05, 3.63) is 60.2 Å². The molecule has 0 saturated heterocycles. The molecule has 1 fully saturated rings. The van der Waals surface area contributed by atoms with Gasteiger partial charge in [0.25, 0.3) is 0 Å². The minimum atomic E-state index is 0. The topological polar surface area (TPSA) is 55.1 Å². The fourth-order valence-electron chi connectivity index (χ4n) is 2.34. The summed E-state index contributed by atoms with van der Waals surface area (Å²) in [4.78, 5) is 13.3. The van der Waals surface area contributed by atoms with Crippen LogP contribution in [-0.2, 0) is 11.2 Å². The molecule has 0 heterocycles. The molecule has 0 spiro atoms. The summed E-state index contributed by atoms with van der Waals surface area (Å²) in [5, 5.41) is 3.08. The van der Waals surface area contributed by atoms with Gasteiger partial charge in [0.15, 0.2) is 0 Å². The second-order valence-corrected chi connectivity index (χ2v) is 7.33. The van der Waals surface area contributed by atoms with Gasteiger partial charge in [-0.3, -0.25) is 4.79 Å². The summed E-state index contributed by atoms with van der Waals surface area (Å²) >= 11 is 1.88. The first-order valence-electron chi connectivity index (χ1n) is 7.50. The summed E-state index contributed by atoms with van der Waals surface area (Å²) in [6.45, 7) is 0.736. The Balaban J connectivity index is 0.00000192. The Kier molecular flexibility index (Phi) is 5.97. The van der Waals surface area contributed by atoms with Crippen molar-refractivity contribution in [3.8, 4) is 0 Å². The first-order valence-corrected chi connectivity index (χ1v) is 8.32. The van der Waals surface area contributed by atoms with E-state index in [1.165, 1.54) is 4.90 Å². The Morgan fingerprint density at radius 3 is 2.35 bits per heavy atom. The fraction of sp³-hybridized carbons (Fsp3) is 0.278. The molecule has 3 N–H and O–H groups in total. The summed E-state index contributed by atoms with van der Waals surface area (Å²) in [5.41, 5.74) is 7.37. The number of halogens is 1. The molecule has 2 aromatic carbocycles. The van der Waals surface area contributed by atoms with Crippen LogP contribution in [0.3, 0.4) is 0 Å². The van der Waals surface area contributed by atoms with Crippen LogP contribution in [0.25, 0.3) is 0 Å². The molecule has 3 rings (SSSR count). The minimum absolute atomic E-state index is 0. The monoisotopic (exact) mass is 348 g/mol. The molecule has 1 aliphatic carbocycles. The molecule has 1 amide bonds. The number of nitrogens with one attached hydrogen (secondary N) is 1. The third kappa shape index (κ3) is 5.19. The highest BCUT2D eigenvalue weighted by atomic mass is 35.5. The Morgan fingerprint density at radius 2 is 1.74 bits per heavy atom. The zero-order chi connectivity index (χ0) is 15.4. The van der Waals surface area contributed by atoms with E-state index in [4.69, 9.17) is 5.73 Å². The summed E-state index contributed by atoms with van der Waals surface area (Å²) in [5.74, 6) is 0.0738. The molecule has 0 atom stereocenters. The molecule has 0 aromatic heterocycles. The smallest absolute Gasteiger partial charge is 0.224 e. The first kappa shape index (κ1) is 17.7.